The van der Waals surface area contributed by atoms with E-state index in [-0.39, 0.29) is 0 Å². The summed E-state index contributed by atoms with van der Waals surface area (Å²) in [6, 6.07) is 3.58. The SMILES string of the molecule is CCc1[nH]nc(N/N=C/c2ccco2)[n+]1N. The van der Waals surface area contributed by atoms with Crippen LogP contribution in [-0.4, -0.2) is 16.4 Å². The third kappa shape index (κ3) is 2.02. The van der Waals surface area contributed by atoms with Gasteiger partial charge in [0.25, 0.3) is 0 Å². The number of aryl methyl sites for hydroxylation is 1. The molecule has 0 aliphatic carbocycles. The Hall–Kier alpha value is -2.31. The Kier molecular flexibility index (Phi) is 2.86. The monoisotopic (exact) mass is 221 g/mol. The highest BCUT2D eigenvalue weighted by Gasteiger charge is 2.13. The number of nitrogen functional groups attached to an aromatic ring is 1. The smallest absolute Gasteiger partial charge is 0.421 e. The lowest BCUT2D eigenvalue weighted by atomic mass is 10.5. The molecule has 16 heavy (non-hydrogen) atoms. The minimum Gasteiger partial charge on any atom is -0.463 e. The quantitative estimate of drug-likeness (QED) is 0.293. The summed E-state index contributed by atoms with van der Waals surface area (Å²) in [5.41, 5.74) is 2.71. The second kappa shape index (κ2) is 4.47. The number of furan rings is 1. The number of nitrogens with zero attached hydrogens (tertiary/aromatic N) is 3. The zero-order valence-corrected chi connectivity index (χ0v) is 8.84. The molecule has 0 atom stereocenters. The van der Waals surface area contributed by atoms with Crippen molar-refractivity contribution >= 4 is 12.2 Å². The molecule has 2 heterocycles. The summed E-state index contributed by atoms with van der Waals surface area (Å²) in [5.74, 6) is 7.65. The minimum absolute atomic E-state index is 0.444. The molecular weight excluding hydrogens is 208 g/mol. The summed E-state index contributed by atoms with van der Waals surface area (Å²) in [4.78, 5) is 0. The third-order valence-electron chi connectivity index (χ3n) is 2.04. The molecule has 0 spiro atoms. The van der Waals surface area contributed by atoms with Gasteiger partial charge < -0.3 is 4.42 Å². The molecule has 0 amide bonds. The summed E-state index contributed by atoms with van der Waals surface area (Å²) in [6.45, 7) is 1.98. The van der Waals surface area contributed by atoms with Crippen molar-refractivity contribution in [3.8, 4) is 0 Å². The van der Waals surface area contributed by atoms with Gasteiger partial charge in [-0.25, -0.2) is 0 Å². The number of rotatable bonds is 4. The maximum atomic E-state index is 5.74. The van der Waals surface area contributed by atoms with Crippen LogP contribution >= 0.6 is 0 Å². The largest absolute Gasteiger partial charge is 0.463 e. The Morgan fingerprint density at radius 3 is 3.25 bits per heavy atom. The fourth-order valence-electron chi connectivity index (χ4n) is 1.20. The predicted molar refractivity (Wildman–Crippen MR) is 58.2 cm³/mol. The maximum absolute atomic E-state index is 5.74. The molecule has 0 bridgehead atoms. The molecule has 4 N–H and O–H groups in total. The highest BCUT2D eigenvalue weighted by Crippen LogP contribution is 1.97. The molecule has 0 saturated carbocycles. The second-order valence-electron chi connectivity index (χ2n) is 3.10. The van der Waals surface area contributed by atoms with Gasteiger partial charge in [0.05, 0.1) is 6.26 Å². The van der Waals surface area contributed by atoms with Crippen molar-refractivity contribution in [3.63, 3.8) is 0 Å². The summed E-state index contributed by atoms with van der Waals surface area (Å²) in [5, 5.41) is 10.7. The lowest BCUT2D eigenvalue weighted by molar-refractivity contribution is -0.632. The van der Waals surface area contributed by atoms with Gasteiger partial charge in [-0.05, 0) is 12.1 Å². The van der Waals surface area contributed by atoms with E-state index in [4.69, 9.17) is 10.3 Å². The van der Waals surface area contributed by atoms with Crippen LogP contribution in [0.4, 0.5) is 5.95 Å². The maximum Gasteiger partial charge on any atom is 0.421 e. The molecule has 0 unspecified atom stereocenters. The van der Waals surface area contributed by atoms with Gasteiger partial charge in [0.1, 0.15) is 12.0 Å². The topological polar surface area (TPSA) is 96.1 Å². The van der Waals surface area contributed by atoms with Crippen LogP contribution in [0.3, 0.4) is 0 Å². The van der Waals surface area contributed by atoms with Crippen LogP contribution in [0.5, 0.6) is 0 Å². The number of nitrogens with one attached hydrogen (secondary N) is 2. The van der Waals surface area contributed by atoms with Crippen molar-refractivity contribution in [2.75, 3.05) is 11.3 Å². The normalized spacial score (nSPS) is 11.1. The number of anilines is 1. The van der Waals surface area contributed by atoms with Crippen LogP contribution < -0.4 is 15.9 Å². The van der Waals surface area contributed by atoms with E-state index in [1.165, 1.54) is 4.68 Å². The van der Waals surface area contributed by atoms with Crippen LogP contribution in [0, 0.1) is 0 Å². The first-order valence-corrected chi connectivity index (χ1v) is 4.88. The number of nitrogens with two attached hydrogens (primary N) is 1. The molecule has 0 aliphatic heterocycles. The van der Waals surface area contributed by atoms with Crippen LogP contribution in [0.1, 0.15) is 18.5 Å². The van der Waals surface area contributed by atoms with Gasteiger partial charge in [-0.15, -0.1) is 9.78 Å². The molecule has 2 rings (SSSR count). The lowest BCUT2D eigenvalue weighted by Crippen LogP contribution is -2.48. The number of aromatic nitrogens is 3. The second-order valence-corrected chi connectivity index (χ2v) is 3.10. The average molecular weight is 221 g/mol. The van der Waals surface area contributed by atoms with E-state index >= 15 is 0 Å². The van der Waals surface area contributed by atoms with E-state index in [1.54, 1.807) is 24.6 Å². The summed E-state index contributed by atoms with van der Waals surface area (Å²) in [7, 11) is 0. The molecule has 0 aromatic carbocycles. The van der Waals surface area contributed by atoms with E-state index in [2.05, 4.69) is 20.7 Å². The minimum atomic E-state index is 0.444. The molecule has 0 fully saturated rings. The van der Waals surface area contributed by atoms with Crippen LogP contribution in [0.25, 0.3) is 0 Å². The zero-order valence-electron chi connectivity index (χ0n) is 8.84. The Morgan fingerprint density at radius 2 is 2.62 bits per heavy atom. The molecule has 0 radical (unpaired) electrons. The van der Waals surface area contributed by atoms with Crippen molar-refractivity contribution in [2.45, 2.75) is 13.3 Å². The van der Waals surface area contributed by atoms with Gasteiger partial charge in [-0.2, -0.15) is 10.5 Å². The van der Waals surface area contributed by atoms with Crippen molar-refractivity contribution in [1.82, 2.24) is 10.2 Å². The van der Waals surface area contributed by atoms with Crippen molar-refractivity contribution in [1.29, 1.82) is 0 Å². The first-order chi connectivity index (χ1) is 7.81. The molecular formula is C9H13N6O+. The average Bonchev–Trinajstić information content (AvgIpc) is 2.90. The number of hydrogen-bond acceptors (Lipinski definition) is 5. The van der Waals surface area contributed by atoms with Crippen LogP contribution in [-0.2, 0) is 6.42 Å². The molecule has 0 aliphatic rings. The van der Waals surface area contributed by atoms with Gasteiger partial charge in [0, 0.05) is 11.5 Å². The van der Waals surface area contributed by atoms with E-state index in [1.807, 2.05) is 6.92 Å². The van der Waals surface area contributed by atoms with Gasteiger partial charge >= 0.3 is 5.95 Å². The Bertz CT molecular complexity index is 472. The molecule has 7 heteroatoms. The number of hydrogen-bond donors (Lipinski definition) is 3. The van der Waals surface area contributed by atoms with Crippen molar-refractivity contribution in [3.05, 3.63) is 30.0 Å². The fraction of sp³-hybridized carbons (Fsp3) is 0.222. The van der Waals surface area contributed by atoms with E-state index in [0.29, 0.717) is 11.7 Å². The van der Waals surface area contributed by atoms with E-state index in [0.717, 1.165) is 12.2 Å². The molecule has 84 valence electrons. The van der Waals surface area contributed by atoms with Gasteiger partial charge in [-0.1, -0.05) is 6.92 Å². The Morgan fingerprint density at radius 1 is 1.75 bits per heavy atom. The Balaban J connectivity index is 2.02. The predicted octanol–water partition coefficient (Wildman–Crippen LogP) is 0.0124. The highest BCUT2D eigenvalue weighted by atomic mass is 16.3. The molecule has 2 aromatic heterocycles. The van der Waals surface area contributed by atoms with Gasteiger partial charge in [0.2, 0.25) is 5.82 Å². The number of H-pyrrole nitrogens is 1. The first kappa shape index (κ1) is 10.2. The summed E-state index contributed by atoms with van der Waals surface area (Å²) < 4.78 is 6.49. The van der Waals surface area contributed by atoms with E-state index < -0.39 is 0 Å². The van der Waals surface area contributed by atoms with Crippen LogP contribution in [0.15, 0.2) is 27.9 Å². The zero-order chi connectivity index (χ0) is 11.4. The molecule has 0 saturated heterocycles. The highest BCUT2D eigenvalue weighted by molar-refractivity contribution is 5.76. The first-order valence-electron chi connectivity index (χ1n) is 4.88. The molecule has 2 aromatic rings. The van der Waals surface area contributed by atoms with E-state index in [9.17, 15) is 0 Å². The fourth-order valence-corrected chi connectivity index (χ4v) is 1.20. The standard InChI is InChI=1S/C9H12N6O/c1-2-8-12-14-9(15(8)10)13-11-6-7-4-3-5-16-7/h3-6H,2,10H2,1H3,(H,13,14)/p+1/b11-6+. The summed E-state index contributed by atoms with van der Waals surface area (Å²) >= 11 is 0. The van der Waals surface area contributed by atoms with Crippen molar-refractivity contribution in [2.24, 2.45) is 5.10 Å². The Labute approximate surface area is 91.9 Å². The van der Waals surface area contributed by atoms with Gasteiger partial charge in [0.15, 0.2) is 0 Å². The summed E-state index contributed by atoms with van der Waals surface area (Å²) in [6.07, 6.45) is 3.89. The lowest BCUT2D eigenvalue weighted by Gasteiger charge is -1.92. The van der Waals surface area contributed by atoms with Crippen molar-refractivity contribution < 1.29 is 9.09 Å². The number of aromatic amines is 1. The van der Waals surface area contributed by atoms with Gasteiger partial charge in [-0.3, -0.25) is 5.84 Å². The molecule has 7 nitrogen and oxygen atoms in total. The van der Waals surface area contributed by atoms with Crippen LogP contribution in [0.2, 0.25) is 0 Å². The number of hydrazone groups is 1. The third-order valence-corrected chi connectivity index (χ3v) is 2.04.